The van der Waals surface area contributed by atoms with Crippen LogP contribution in [0.15, 0.2) is 48.9 Å². The molecule has 1 aliphatic heterocycles. The minimum absolute atomic E-state index is 0. The van der Waals surface area contributed by atoms with E-state index in [-0.39, 0.29) is 12.4 Å². The standard InChI is InChI=1S/C25H30N8.ClH/c1-2-18(3-1)16-33-17-21(14-28-33)20-4-5-22-23(13-20)30-25(29-22)31-24-12-19(6-7-27-24)15-32-10-8-26-9-11-32;/h4-7,12-14,17-18,26H,1-3,8-11,15-16H2,(H2,27,29,30,31);1H. The lowest BCUT2D eigenvalue weighted by molar-refractivity contribution is 0.233. The van der Waals surface area contributed by atoms with Crippen molar-refractivity contribution in [3.05, 3.63) is 54.5 Å². The Hall–Kier alpha value is -2.94. The Bertz CT molecular complexity index is 1240. The molecule has 2 aliphatic rings. The summed E-state index contributed by atoms with van der Waals surface area (Å²) in [6.45, 7) is 6.24. The number of anilines is 2. The number of H-pyrrole nitrogens is 1. The maximum atomic E-state index is 4.71. The van der Waals surface area contributed by atoms with Crippen LogP contribution in [0, 0.1) is 5.92 Å². The molecule has 6 rings (SSSR count). The van der Waals surface area contributed by atoms with Gasteiger partial charge in [-0.1, -0.05) is 12.5 Å². The smallest absolute Gasteiger partial charge is 0.206 e. The Labute approximate surface area is 205 Å². The first-order valence-electron chi connectivity index (χ1n) is 12.0. The lowest BCUT2D eigenvalue weighted by Crippen LogP contribution is -2.42. The third-order valence-electron chi connectivity index (χ3n) is 6.81. The minimum atomic E-state index is 0. The van der Waals surface area contributed by atoms with E-state index in [1.165, 1.54) is 24.8 Å². The molecule has 0 unspecified atom stereocenters. The van der Waals surface area contributed by atoms with Gasteiger partial charge in [0.2, 0.25) is 5.95 Å². The van der Waals surface area contributed by atoms with Gasteiger partial charge in [-0.25, -0.2) is 9.97 Å². The molecule has 0 spiro atoms. The van der Waals surface area contributed by atoms with E-state index in [1.807, 2.05) is 12.4 Å². The Balaban J connectivity index is 0.00000241. The van der Waals surface area contributed by atoms with Gasteiger partial charge < -0.3 is 15.6 Å². The van der Waals surface area contributed by atoms with Crippen LogP contribution in [-0.2, 0) is 13.1 Å². The normalized spacial score (nSPS) is 16.8. The molecule has 34 heavy (non-hydrogen) atoms. The number of fused-ring (bicyclic) bond motifs is 1. The summed E-state index contributed by atoms with van der Waals surface area (Å²) in [6.07, 6.45) is 10.0. The van der Waals surface area contributed by atoms with Crippen LogP contribution in [0.5, 0.6) is 0 Å². The van der Waals surface area contributed by atoms with E-state index < -0.39 is 0 Å². The van der Waals surface area contributed by atoms with Crippen molar-refractivity contribution in [1.82, 2.24) is 34.9 Å². The molecule has 8 nitrogen and oxygen atoms in total. The molecule has 4 aromatic rings. The molecular formula is C25H31ClN8. The second-order valence-electron chi connectivity index (χ2n) is 9.27. The first-order chi connectivity index (χ1) is 16.3. The molecule has 178 valence electrons. The molecule has 0 radical (unpaired) electrons. The molecule has 0 bridgehead atoms. The van der Waals surface area contributed by atoms with Crippen LogP contribution in [0.4, 0.5) is 11.8 Å². The fourth-order valence-corrected chi connectivity index (χ4v) is 4.69. The van der Waals surface area contributed by atoms with Crippen molar-refractivity contribution in [3.63, 3.8) is 0 Å². The number of aromatic nitrogens is 5. The van der Waals surface area contributed by atoms with Gasteiger partial charge >= 0.3 is 0 Å². The summed E-state index contributed by atoms with van der Waals surface area (Å²) in [5.74, 6) is 2.30. The van der Waals surface area contributed by atoms with Crippen LogP contribution in [0.1, 0.15) is 24.8 Å². The van der Waals surface area contributed by atoms with E-state index in [2.05, 4.69) is 71.8 Å². The average molecular weight is 479 g/mol. The highest BCUT2D eigenvalue weighted by atomic mass is 35.5. The monoisotopic (exact) mass is 478 g/mol. The first-order valence-corrected chi connectivity index (χ1v) is 12.0. The van der Waals surface area contributed by atoms with Crippen molar-refractivity contribution < 1.29 is 0 Å². The number of piperazine rings is 1. The van der Waals surface area contributed by atoms with Crippen LogP contribution < -0.4 is 10.6 Å². The molecule has 1 aliphatic carbocycles. The van der Waals surface area contributed by atoms with E-state index in [1.54, 1.807) is 0 Å². The van der Waals surface area contributed by atoms with Gasteiger partial charge in [0.15, 0.2) is 0 Å². The van der Waals surface area contributed by atoms with Gasteiger partial charge in [-0.05, 0) is 54.2 Å². The van der Waals surface area contributed by atoms with Gasteiger partial charge in [0, 0.05) is 57.2 Å². The van der Waals surface area contributed by atoms with Crippen molar-refractivity contribution in [2.75, 3.05) is 31.5 Å². The first kappa shape index (κ1) is 22.8. The largest absolute Gasteiger partial charge is 0.324 e. The number of aromatic amines is 1. The zero-order valence-corrected chi connectivity index (χ0v) is 20.0. The quantitative estimate of drug-likeness (QED) is 0.369. The number of benzene rings is 1. The Kier molecular flexibility index (Phi) is 6.80. The molecule has 1 aromatic carbocycles. The summed E-state index contributed by atoms with van der Waals surface area (Å²) in [5.41, 5.74) is 5.47. The molecule has 0 atom stereocenters. The molecule has 9 heteroatoms. The predicted octanol–water partition coefficient (Wildman–Crippen LogP) is 4.19. The fraction of sp³-hybridized carbons (Fsp3) is 0.400. The Morgan fingerprint density at radius 3 is 2.76 bits per heavy atom. The lowest BCUT2D eigenvalue weighted by Gasteiger charge is -2.27. The molecule has 3 N–H and O–H groups in total. The van der Waals surface area contributed by atoms with Gasteiger partial charge in [0.25, 0.3) is 0 Å². The Morgan fingerprint density at radius 2 is 1.94 bits per heavy atom. The number of hydrogen-bond acceptors (Lipinski definition) is 6. The second-order valence-corrected chi connectivity index (χ2v) is 9.27. The molecule has 1 saturated carbocycles. The summed E-state index contributed by atoms with van der Waals surface area (Å²) < 4.78 is 2.09. The van der Waals surface area contributed by atoms with Gasteiger partial charge in [-0.15, -0.1) is 12.4 Å². The number of rotatable bonds is 7. The summed E-state index contributed by atoms with van der Waals surface area (Å²) in [6, 6.07) is 10.5. The van der Waals surface area contributed by atoms with Crippen LogP contribution in [0.2, 0.25) is 0 Å². The van der Waals surface area contributed by atoms with Gasteiger partial charge in [0.05, 0.1) is 17.2 Å². The van der Waals surface area contributed by atoms with Crippen molar-refractivity contribution in [2.24, 2.45) is 5.92 Å². The van der Waals surface area contributed by atoms with Crippen LogP contribution in [0.25, 0.3) is 22.2 Å². The molecule has 2 fully saturated rings. The number of imidazole rings is 1. The number of nitrogens with one attached hydrogen (secondary N) is 3. The third-order valence-corrected chi connectivity index (χ3v) is 6.81. The van der Waals surface area contributed by atoms with E-state index in [4.69, 9.17) is 4.98 Å². The van der Waals surface area contributed by atoms with E-state index in [0.717, 1.165) is 73.2 Å². The average Bonchev–Trinajstić information content (AvgIpc) is 3.43. The highest BCUT2D eigenvalue weighted by molar-refractivity contribution is 5.85. The number of pyridine rings is 1. The van der Waals surface area contributed by atoms with Crippen LogP contribution >= 0.6 is 12.4 Å². The third kappa shape index (κ3) is 5.09. The predicted molar refractivity (Wildman–Crippen MR) is 138 cm³/mol. The fourth-order valence-electron chi connectivity index (χ4n) is 4.69. The summed E-state index contributed by atoms with van der Waals surface area (Å²) in [5, 5.41) is 11.3. The summed E-state index contributed by atoms with van der Waals surface area (Å²) in [7, 11) is 0. The maximum absolute atomic E-state index is 4.71. The van der Waals surface area contributed by atoms with Crippen LogP contribution in [0.3, 0.4) is 0 Å². The topological polar surface area (TPSA) is 86.7 Å². The highest BCUT2D eigenvalue weighted by Gasteiger charge is 2.18. The van der Waals surface area contributed by atoms with Crippen molar-refractivity contribution in [1.29, 1.82) is 0 Å². The summed E-state index contributed by atoms with van der Waals surface area (Å²) >= 11 is 0. The Morgan fingerprint density at radius 1 is 1.06 bits per heavy atom. The molecular weight excluding hydrogens is 448 g/mol. The van der Waals surface area contributed by atoms with Gasteiger partial charge in [0.1, 0.15) is 5.82 Å². The van der Waals surface area contributed by atoms with Crippen molar-refractivity contribution in [2.45, 2.75) is 32.4 Å². The van der Waals surface area contributed by atoms with Gasteiger partial charge in [-0.3, -0.25) is 9.58 Å². The lowest BCUT2D eigenvalue weighted by atomic mass is 9.85. The number of nitrogens with zero attached hydrogens (tertiary/aromatic N) is 5. The van der Waals surface area contributed by atoms with Crippen molar-refractivity contribution in [3.8, 4) is 11.1 Å². The molecule has 0 amide bonds. The minimum Gasteiger partial charge on any atom is -0.324 e. The van der Waals surface area contributed by atoms with Gasteiger partial charge in [-0.2, -0.15) is 5.10 Å². The van der Waals surface area contributed by atoms with E-state index in [0.29, 0.717) is 5.95 Å². The zero-order valence-electron chi connectivity index (χ0n) is 19.2. The summed E-state index contributed by atoms with van der Waals surface area (Å²) in [4.78, 5) is 15.1. The van der Waals surface area contributed by atoms with Crippen molar-refractivity contribution >= 4 is 35.2 Å². The van der Waals surface area contributed by atoms with Crippen LogP contribution in [-0.4, -0.2) is 55.8 Å². The molecule has 3 aromatic heterocycles. The SMILES string of the molecule is Cl.c1cc(CN2CCNCC2)cc(Nc2nc3ccc(-c4cnn(CC5CCC5)c4)cc3[nH]2)n1. The maximum Gasteiger partial charge on any atom is 0.206 e. The number of halogens is 1. The number of hydrogen-bond donors (Lipinski definition) is 3. The van der Waals surface area contributed by atoms with E-state index >= 15 is 0 Å². The molecule has 4 heterocycles. The zero-order chi connectivity index (χ0) is 22.0. The molecule has 1 saturated heterocycles. The highest BCUT2D eigenvalue weighted by Crippen LogP contribution is 2.29. The second kappa shape index (κ2) is 10.1. The van der Waals surface area contributed by atoms with E-state index in [9.17, 15) is 0 Å².